The Morgan fingerprint density at radius 2 is 1.88 bits per heavy atom. The molecule has 1 aromatic rings. The van der Waals surface area contributed by atoms with Gasteiger partial charge in [-0.1, -0.05) is 12.1 Å². The van der Waals surface area contributed by atoms with Crippen LogP contribution in [0.2, 0.25) is 0 Å². The number of piperazine rings is 1. The minimum absolute atomic E-state index is 0. The number of hydrogen-bond donors (Lipinski definition) is 1. The third-order valence-electron chi connectivity index (χ3n) is 4.15. The van der Waals surface area contributed by atoms with E-state index in [1.165, 1.54) is 7.11 Å². The zero-order valence-electron chi connectivity index (χ0n) is 15.7. The van der Waals surface area contributed by atoms with Crippen LogP contribution in [-0.4, -0.2) is 70.3 Å². The predicted octanol–water partition coefficient (Wildman–Crippen LogP) is 1.96. The highest BCUT2D eigenvalue weighted by atomic mass is 127. The molecule has 0 spiro atoms. The van der Waals surface area contributed by atoms with Crippen molar-refractivity contribution in [3.8, 4) is 5.75 Å². The molecular weight excluding hydrogens is 447 g/mol. The van der Waals surface area contributed by atoms with Crippen molar-refractivity contribution in [2.24, 2.45) is 4.99 Å². The summed E-state index contributed by atoms with van der Waals surface area (Å²) >= 11 is 0. The Hall–Kier alpha value is -1.71. The standard InChI is InChI=1S/C18H28N4O3.HI/c1-4-19-18(20-10-9-17(23)25-3)22-13-11-21(12-14-22)15-7-5-6-8-16(15)24-2;/h5-8H,4,9-14H2,1-3H3,(H,19,20);1H. The second-order valence-electron chi connectivity index (χ2n) is 5.71. The Kier molecular flexibility index (Phi) is 10.2. The molecule has 1 aliphatic heterocycles. The fourth-order valence-corrected chi connectivity index (χ4v) is 2.83. The summed E-state index contributed by atoms with van der Waals surface area (Å²) in [5.74, 6) is 1.52. The summed E-state index contributed by atoms with van der Waals surface area (Å²) in [7, 11) is 3.10. The van der Waals surface area contributed by atoms with Crippen LogP contribution in [0.15, 0.2) is 29.3 Å². The number of benzene rings is 1. The van der Waals surface area contributed by atoms with E-state index in [0.717, 1.165) is 50.1 Å². The van der Waals surface area contributed by atoms with Crippen molar-refractivity contribution in [3.05, 3.63) is 24.3 Å². The molecule has 0 bridgehead atoms. The highest BCUT2D eigenvalue weighted by Gasteiger charge is 2.21. The van der Waals surface area contributed by atoms with Crippen molar-refractivity contribution in [1.29, 1.82) is 0 Å². The molecule has 0 unspecified atom stereocenters. The quantitative estimate of drug-likeness (QED) is 0.293. The fourth-order valence-electron chi connectivity index (χ4n) is 2.83. The molecule has 146 valence electrons. The van der Waals surface area contributed by atoms with Crippen molar-refractivity contribution in [1.82, 2.24) is 10.2 Å². The van der Waals surface area contributed by atoms with E-state index in [1.54, 1.807) is 7.11 Å². The molecular formula is C18H29IN4O3. The van der Waals surface area contributed by atoms with Gasteiger partial charge in [0.05, 0.1) is 32.9 Å². The van der Waals surface area contributed by atoms with Gasteiger partial charge in [0.15, 0.2) is 5.96 Å². The first-order chi connectivity index (χ1) is 12.2. The van der Waals surface area contributed by atoms with Gasteiger partial charge in [0, 0.05) is 32.7 Å². The zero-order valence-corrected chi connectivity index (χ0v) is 18.1. The largest absolute Gasteiger partial charge is 0.495 e. The van der Waals surface area contributed by atoms with E-state index >= 15 is 0 Å². The fraction of sp³-hybridized carbons (Fsp3) is 0.556. The minimum atomic E-state index is -0.236. The first-order valence-corrected chi connectivity index (χ1v) is 8.67. The van der Waals surface area contributed by atoms with Gasteiger partial charge in [-0.25, -0.2) is 0 Å². The monoisotopic (exact) mass is 476 g/mol. The number of nitrogens with zero attached hydrogens (tertiary/aromatic N) is 3. The number of carbonyl (C=O) groups is 1. The van der Waals surface area contributed by atoms with E-state index in [0.29, 0.717) is 13.0 Å². The molecule has 0 radical (unpaired) electrons. The molecule has 2 rings (SSSR count). The maximum atomic E-state index is 11.2. The molecule has 7 nitrogen and oxygen atoms in total. The summed E-state index contributed by atoms with van der Waals surface area (Å²) in [5, 5.41) is 3.30. The van der Waals surface area contributed by atoms with Crippen LogP contribution in [-0.2, 0) is 9.53 Å². The Morgan fingerprint density at radius 3 is 2.50 bits per heavy atom. The number of nitrogens with one attached hydrogen (secondary N) is 1. The molecule has 1 N–H and O–H groups in total. The van der Waals surface area contributed by atoms with Crippen LogP contribution in [0.3, 0.4) is 0 Å². The lowest BCUT2D eigenvalue weighted by Crippen LogP contribution is -2.52. The number of methoxy groups -OCH3 is 2. The van der Waals surface area contributed by atoms with E-state index in [4.69, 9.17) is 4.74 Å². The highest BCUT2D eigenvalue weighted by molar-refractivity contribution is 14.0. The van der Waals surface area contributed by atoms with E-state index in [1.807, 2.05) is 25.1 Å². The molecule has 26 heavy (non-hydrogen) atoms. The minimum Gasteiger partial charge on any atom is -0.495 e. The summed E-state index contributed by atoms with van der Waals surface area (Å²) in [4.78, 5) is 20.3. The SMILES string of the molecule is CCNC(=NCCC(=O)OC)N1CCN(c2ccccc2OC)CC1.I. The number of aliphatic imine (C=N–C) groups is 1. The lowest BCUT2D eigenvalue weighted by atomic mass is 10.2. The van der Waals surface area contributed by atoms with Gasteiger partial charge in [-0.2, -0.15) is 0 Å². The summed E-state index contributed by atoms with van der Waals surface area (Å²) in [6.45, 7) is 6.78. The molecule has 0 aliphatic carbocycles. The van der Waals surface area contributed by atoms with Crippen molar-refractivity contribution in [2.45, 2.75) is 13.3 Å². The van der Waals surface area contributed by atoms with Crippen LogP contribution < -0.4 is 15.0 Å². The molecule has 1 saturated heterocycles. The Balaban J connectivity index is 0.00000338. The number of anilines is 1. The van der Waals surface area contributed by atoms with Crippen molar-refractivity contribution in [2.75, 3.05) is 58.4 Å². The maximum Gasteiger partial charge on any atom is 0.307 e. The maximum absolute atomic E-state index is 11.2. The van der Waals surface area contributed by atoms with Crippen LogP contribution >= 0.6 is 24.0 Å². The number of para-hydroxylation sites is 2. The van der Waals surface area contributed by atoms with Gasteiger partial charge >= 0.3 is 5.97 Å². The first kappa shape index (κ1) is 22.3. The van der Waals surface area contributed by atoms with Gasteiger partial charge in [-0.15, -0.1) is 24.0 Å². The second-order valence-corrected chi connectivity index (χ2v) is 5.71. The number of guanidine groups is 1. The third kappa shape index (κ3) is 6.22. The van der Waals surface area contributed by atoms with E-state index < -0.39 is 0 Å². The molecule has 0 aromatic heterocycles. The first-order valence-electron chi connectivity index (χ1n) is 8.67. The molecule has 8 heteroatoms. The molecule has 1 aromatic carbocycles. The average molecular weight is 476 g/mol. The molecule has 1 fully saturated rings. The Morgan fingerprint density at radius 1 is 1.19 bits per heavy atom. The van der Waals surface area contributed by atoms with Crippen molar-refractivity contribution < 1.29 is 14.3 Å². The zero-order chi connectivity index (χ0) is 18.1. The van der Waals surface area contributed by atoms with Crippen LogP contribution in [0, 0.1) is 0 Å². The number of rotatable bonds is 6. The summed E-state index contributed by atoms with van der Waals surface area (Å²) < 4.78 is 10.1. The van der Waals surface area contributed by atoms with E-state index in [9.17, 15) is 4.79 Å². The Labute approximate surface area is 172 Å². The van der Waals surface area contributed by atoms with Gasteiger partial charge in [0.1, 0.15) is 5.75 Å². The van der Waals surface area contributed by atoms with Crippen LogP contribution in [0.1, 0.15) is 13.3 Å². The molecule has 0 atom stereocenters. The van der Waals surface area contributed by atoms with Gasteiger partial charge in [0.2, 0.25) is 0 Å². The van der Waals surface area contributed by atoms with Crippen LogP contribution in [0.4, 0.5) is 5.69 Å². The summed E-state index contributed by atoms with van der Waals surface area (Å²) in [6, 6.07) is 8.09. The van der Waals surface area contributed by atoms with Crippen molar-refractivity contribution >= 4 is 41.6 Å². The predicted molar refractivity (Wildman–Crippen MR) is 115 cm³/mol. The average Bonchev–Trinajstić information content (AvgIpc) is 2.67. The van der Waals surface area contributed by atoms with Crippen LogP contribution in [0.25, 0.3) is 0 Å². The van der Waals surface area contributed by atoms with Gasteiger partial charge in [-0.05, 0) is 19.1 Å². The number of carbonyl (C=O) groups excluding carboxylic acids is 1. The van der Waals surface area contributed by atoms with Crippen molar-refractivity contribution in [3.63, 3.8) is 0 Å². The highest BCUT2D eigenvalue weighted by Crippen LogP contribution is 2.28. The molecule has 1 aliphatic rings. The van der Waals surface area contributed by atoms with E-state index in [2.05, 4.69) is 30.9 Å². The van der Waals surface area contributed by atoms with Crippen LogP contribution in [0.5, 0.6) is 5.75 Å². The Bertz CT molecular complexity index is 590. The lowest BCUT2D eigenvalue weighted by Gasteiger charge is -2.38. The number of halogens is 1. The van der Waals surface area contributed by atoms with Gasteiger partial charge in [0.25, 0.3) is 0 Å². The van der Waals surface area contributed by atoms with Gasteiger partial charge < -0.3 is 24.6 Å². The molecule has 0 saturated carbocycles. The number of esters is 1. The lowest BCUT2D eigenvalue weighted by molar-refractivity contribution is -0.140. The smallest absolute Gasteiger partial charge is 0.307 e. The number of hydrogen-bond acceptors (Lipinski definition) is 5. The third-order valence-corrected chi connectivity index (χ3v) is 4.15. The van der Waals surface area contributed by atoms with Gasteiger partial charge in [-0.3, -0.25) is 9.79 Å². The summed E-state index contributed by atoms with van der Waals surface area (Å²) in [5.41, 5.74) is 1.12. The second kappa shape index (κ2) is 11.8. The van der Waals surface area contributed by atoms with E-state index in [-0.39, 0.29) is 29.9 Å². The normalized spacial score (nSPS) is 14.5. The molecule has 0 amide bonds. The summed E-state index contributed by atoms with van der Waals surface area (Å²) in [6.07, 6.45) is 0.298. The number of ether oxygens (including phenoxy) is 2. The topological polar surface area (TPSA) is 66.4 Å². The molecule has 1 heterocycles.